The van der Waals surface area contributed by atoms with Crippen LogP contribution in [0.1, 0.15) is 16.7 Å². The van der Waals surface area contributed by atoms with Crippen LogP contribution >= 0.6 is 0 Å². The first-order valence-electron chi connectivity index (χ1n) is 8.92. The molecule has 2 aromatic carbocycles. The Morgan fingerprint density at radius 3 is 2.38 bits per heavy atom. The molecule has 1 atom stereocenters. The first-order valence-corrected chi connectivity index (χ1v) is 8.92. The van der Waals surface area contributed by atoms with Crippen LogP contribution in [0.3, 0.4) is 0 Å². The van der Waals surface area contributed by atoms with Crippen molar-refractivity contribution in [3.63, 3.8) is 0 Å². The molecule has 2 amide bonds. The first-order chi connectivity index (χ1) is 12.7. The minimum Gasteiger partial charge on any atom is -0.447 e. The molecular weight excluding hydrogens is 330 g/mol. The van der Waals surface area contributed by atoms with E-state index in [4.69, 9.17) is 9.47 Å². The van der Waals surface area contributed by atoms with Crippen molar-refractivity contribution in [2.75, 3.05) is 13.2 Å². The number of hydrogen-bond donors (Lipinski definition) is 0. The van der Waals surface area contributed by atoms with Crippen molar-refractivity contribution in [1.82, 2.24) is 4.90 Å². The average molecular weight is 351 g/mol. The molecule has 1 unspecified atom stereocenters. The Kier molecular flexibility index (Phi) is 4.71. The molecule has 5 heteroatoms. The van der Waals surface area contributed by atoms with E-state index in [1.165, 1.54) is 16.0 Å². The van der Waals surface area contributed by atoms with Crippen LogP contribution in [0, 0.1) is 0 Å². The van der Waals surface area contributed by atoms with Gasteiger partial charge in [-0.2, -0.15) is 0 Å². The molecule has 0 bridgehead atoms. The second kappa shape index (κ2) is 7.30. The van der Waals surface area contributed by atoms with Gasteiger partial charge in [-0.25, -0.2) is 9.69 Å². The largest absolute Gasteiger partial charge is 0.447 e. The molecule has 0 N–H and O–H groups in total. The molecule has 1 fully saturated rings. The van der Waals surface area contributed by atoms with E-state index >= 15 is 0 Å². The Morgan fingerprint density at radius 1 is 1.04 bits per heavy atom. The van der Waals surface area contributed by atoms with Crippen molar-refractivity contribution < 1.29 is 19.1 Å². The number of nitrogens with zero attached hydrogens (tertiary/aromatic N) is 1. The van der Waals surface area contributed by atoms with Gasteiger partial charge >= 0.3 is 6.09 Å². The van der Waals surface area contributed by atoms with Gasteiger partial charge in [0.2, 0.25) is 0 Å². The monoisotopic (exact) mass is 351 g/mol. The Bertz CT molecular complexity index is 780. The van der Waals surface area contributed by atoms with Gasteiger partial charge in [0.05, 0.1) is 12.1 Å². The SMILES string of the molecule is O=C(COC1Cc2ccccc2C1)N1C(=O)OCC1Cc1ccccc1. The molecule has 1 aliphatic heterocycles. The molecule has 2 aromatic rings. The summed E-state index contributed by atoms with van der Waals surface area (Å²) in [6.07, 6.45) is 1.62. The highest BCUT2D eigenvalue weighted by atomic mass is 16.6. The van der Waals surface area contributed by atoms with Crippen molar-refractivity contribution in [1.29, 1.82) is 0 Å². The zero-order valence-electron chi connectivity index (χ0n) is 14.5. The predicted molar refractivity (Wildman–Crippen MR) is 95.7 cm³/mol. The molecule has 1 heterocycles. The molecule has 1 aliphatic carbocycles. The maximum atomic E-state index is 12.6. The summed E-state index contributed by atoms with van der Waals surface area (Å²) in [5.41, 5.74) is 3.61. The number of fused-ring (bicyclic) bond motifs is 1. The number of cyclic esters (lactones) is 1. The Balaban J connectivity index is 1.35. The van der Waals surface area contributed by atoms with E-state index in [-0.39, 0.29) is 31.3 Å². The number of imide groups is 1. The van der Waals surface area contributed by atoms with Gasteiger partial charge in [-0.1, -0.05) is 54.6 Å². The minimum atomic E-state index is -0.575. The molecule has 0 saturated carbocycles. The smallest absolute Gasteiger partial charge is 0.417 e. The number of amides is 2. The lowest BCUT2D eigenvalue weighted by molar-refractivity contribution is -0.135. The molecule has 0 aromatic heterocycles. The van der Waals surface area contributed by atoms with Gasteiger partial charge in [0.15, 0.2) is 0 Å². The molecule has 5 nitrogen and oxygen atoms in total. The summed E-state index contributed by atoms with van der Waals surface area (Å²) in [5, 5.41) is 0. The standard InChI is InChI=1S/C21H21NO4/c23-20(14-25-19-11-16-8-4-5-9-17(16)12-19)22-18(13-26-21(22)24)10-15-6-2-1-3-7-15/h1-9,18-19H,10-14H2. The Labute approximate surface area is 152 Å². The van der Waals surface area contributed by atoms with Gasteiger partial charge in [0, 0.05) is 0 Å². The lowest BCUT2D eigenvalue weighted by Gasteiger charge is -2.20. The fourth-order valence-corrected chi connectivity index (χ4v) is 3.70. The van der Waals surface area contributed by atoms with Crippen LogP contribution in [0.25, 0.3) is 0 Å². The van der Waals surface area contributed by atoms with E-state index in [0.29, 0.717) is 6.42 Å². The fourth-order valence-electron chi connectivity index (χ4n) is 3.70. The van der Waals surface area contributed by atoms with Crippen molar-refractivity contribution in [3.8, 4) is 0 Å². The quantitative estimate of drug-likeness (QED) is 0.831. The third-order valence-electron chi connectivity index (χ3n) is 5.00. The van der Waals surface area contributed by atoms with E-state index in [1.54, 1.807) is 0 Å². The highest BCUT2D eigenvalue weighted by Crippen LogP contribution is 2.24. The third-order valence-corrected chi connectivity index (χ3v) is 5.00. The van der Waals surface area contributed by atoms with Crippen LogP contribution < -0.4 is 0 Å². The zero-order chi connectivity index (χ0) is 17.9. The fraction of sp³-hybridized carbons (Fsp3) is 0.333. The molecule has 26 heavy (non-hydrogen) atoms. The van der Waals surface area contributed by atoms with Crippen LogP contribution in [0.5, 0.6) is 0 Å². The molecule has 2 aliphatic rings. The molecule has 0 radical (unpaired) electrons. The minimum absolute atomic E-state index is 0.0115. The lowest BCUT2D eigenvalue weighted by Crippen LogP contribution is -2.42. The molecule has 134 valence electrons. The van der Waals surface area contributed by atoms with Crippen LogP contribution in [0.2, 0.25) is 0 Å². The van der Waals surface area contributed by atoms with Gasteiger partial charge in [0.25, 0.3) is 5.91 Å². The number of carbonyl (C=O) groups is 2. The number of carbonyl (C=O) groups excluding carboxylic acids is 2. The van der Waals surface area contributed by atoms with E-state index in [0.717, 1.165) is 18.4 Å². The van der Waals surface area contributed by atoms with Crippen molar-refractivity contribution in [2.45, 2.75) is 31.4 Å². The highest BCUT2D eigenvalue weighted by Gasteiger charge is 2.38. The summed E-state index contributed by atoms with van der Waals surface area (Å²) in [7, 11) is 0. The van der Waals surface area contributed by atoms with Crippen LogP contribution in [0.4, 0.5) is 4.79 Å². The summed E-state index contributed by atoms with van der Waals surface area (Å²) >= 11 is 0. The summed E-state index contributed by atoms with van der Waals surface area (Å²) in [6.45, 7) is 0.132. The maximum absolute atomic E-state index is 12.6. The zero-order valence-corrected chi connectivity index (χ0v) is 14.5. The van der Waals surface area contributed by atoms with Crippen LogP contribution in [-0.4, -0.2) is 42.3 Å². The van der Waals surface area contributed by atoms with E-state index in [9.17, 15) is 9.59 Å². The van der Waals surface area contributed by atoms with E-state index in [1.807, 2.05) is 42.5 Å². The maximum Gasteiger partial charge on any atom is 0.417 e. The van der Waals surface area contributed by atoms with Gasteiger partial charge in [-0.15, -0.1) is 0 Å². The summed E-state index contributed by atoms with van der Waals surface area (Å²) in [5.74, 6) is -0.329. The van der Waals surface area contributed by atoms with Crippen molar-refractivity contribution in [3.05, 3.63) is 71.3 Å². The number of benzene rings is 2. The molecule has 0 spiro atoms. The first kappa shape index (κ1) is 16.8. The topological polar surface area (TPSA) is 55.8 Å². The Hall–Kier alpha value is -2.66. The predicted octanol–water partition coefficient (Wildman–Crippen LogP) is 2.76. The number of rotatable bonds is 5. The normalized spacial score (nSPS) is 19.5. The molecule has 1 saturated heterocycles. The summed E-state index contributed by atoms with van der Waals surface area (Å²) in [4.78, 5) is 25.8. The summed E-state index contributed by atoms with van der Waals surface area (Å²) in [6, 6.07) is 17.7. The van der Waals surface area contributed by atoms with Crippen molar-refractivity contribution in [2.24, 2.45) is 0 Å². The second-order valence-electron chi connectivity index (χ2n) is 6.79. The van der Waals surface area contributed by atoms with Gasteiger partial charge in [-0.3, -0.25) is 4.79 Å². The van der Waals surface area contributed by atoms with Crippen LogP contribution in [-0.2, 0) is 33.5 Å². The highest BCUT2D eigenvalue weighted by molar-refractivity contribution is 5.94. The van der Waals surface area contributed by atoms with Crippen LogP contribution in [0.15, 0.2) is 54.6 Å². The van der Waals surface area contributed by atoms with Gasteiger partial charge in [-0.05, 0) is 36.0 Å². The van der Waals surface area contributed by atoms with E-state index in [2.05, 4.69) is 12.1 Å². The third kappa shape index (κ3) is 3.48. The number of hydrogen-bond acceptors (Lipinski definition) is 4. The second-order valence-corrected chi connectivity index (χ2v) is 6.79. The van der Waals surface area contributed by atoms with E-state index < -0.39 is 6.09 Å². The average Bonchev–Trinajstić information content (AvgIpc) is 3.24. The number of ether oxygens (including phenoxy) is 2. The molecular formula is C21H21NO4. The molecule has 4 rings (SSSR count). The summed E-state index contributed by atoms with van der Waals surface area (Å²) < 4.78 is 10.9. The van der Waals surface area contributed by atoms with Gasteiger partial charge < -0.3 is 9.47 Å². The van der Waals surface area contributed by atoms with Crippen molar-refractivity contribution >= 4 is 12.0 Å². The Morgan fingerprint density at radius 2 is 1.69 bits per heavy atom. The lowest BCUT2D eigenvalue weighted by atomic mass is 10.1. The van der Waals surface area contributed by atoms with Gasteiger partial charge in [0.1, 0.15) is 13.2 Å².